The lowest BCUT2D eigenvalue weighted by molar-refractivity contribution is -0.132. The standard InChI is InChI=1S/C21H27NO2/c1-16(2)19-12-8-9-13-20(19)24-15-21(23)22(4)14-17(3)18-10-6-5-7-11-18/h5-13,16-17H,14-15H2,1-4H3. The Hall–Kier alpha value is -2.29. The molecule has 1 unspecified atom stereocenters. The van der Waals surface area contributed by atoms with E-state index in [2.05, 4.69) is 32.9 Å². The molecular weight excluding hydrogens is 298 g/mol. The lowest BCUT2D eigenvalue weighted by atomic mass is 10.0. The van der Waals surface area contributed by atoms with Crippen LogP contribution in [0.1, 0.15) is 43.7 Å². The number of hydrogen-bond acceptors (Lipinski definition) is 2. The number of likely N-dealkylation sites (N-methyl/N-ethyl adjacent to an activating group) is 1. The Labute approximate surface area is 145 Å². The van der Waals surface area contributed by atoms with Gasteiger partial charge in [0.25, 0.3) is 5.91 Å². The SMILES string of the molecule is CC(C)c1ccccc1OCC(=O)N(C)CC(C)c1ccccc1. The van der Waals surface area contributed by atoms with E-state index in [9.17, 15) is 4.79 Å². The molecule has 0 aliphatic carbocycles. The zero-order valence-corrected chi connectivity index (χ0v) is 15.0. The van der Waals surface area contributed by atoms with Gasteiger partial charge in [-0.15, -0.1) is 0 Å². The third kappa shape index (κ3) is 4.85. The first-order valence-corrected chi connectivity index (χ1v) is 8.49. The van der Waals surface area contributed by atoms with Crippen molar-refractivity contribution in [2.24, 2.45) is 0 Å². The maximum Gasteiger partial charge on any atom is 0.260 e. The average molecular weight is 325 g/mol. The van der Waals surface area contributed by atoms with Crippen LogP contribution in [0.3, 0.4) is 0 Å². The minimum absolute atomic E-state index is 0.00339. The van der Waals surface area contributed by atoms with Crippen LogP contribution >= 0.6 is 0 Å². The van der Waals surface area contributed by atoms with Crippen LogP contribution in [0.25, 0.3) is 0 Å². The Bertz CT molecular complexity index is 652. The highest BCUT2D eigenvalue weighted by molar-refractivity contribution is 5.77. The van der Waals surface area contributed by atoms with Crippen LogP contribution in [-0.2, 0) is 4.79 Å². The number of carbonyl (C=O) groups is 1. The summed E-state index contributed by atoms with van der Waals surface area (Å²) in [6.45, 7) is 7.13. The van der Waals surface area contributed by atoms with Gasteiger partial charge in [0.1, 0.15) is 5.75 Å². The van der Waals surface area contributed by atoms with Crippen molar-refractivity contribution in [1.29, 1.82) is 0 Å². The molecule has 24 heavy (non-hydrogen) atoms. The lowest BCUT2D eigenvalue weighted by Gasteiger charge is -2.22. The summed E-state index contributed by atoms with van der Waals surface area (Å²) >= 11 is 0. The summed E-state index contributed by atoms with van der Waals surface area (Å²) in [6, 6.07) is 18.2. The predicted octanol–water partition coefficient (Wildman–Crippen LogP) is 4.45. The fraction of sp³-hybridized carbons (Fsp3) is 0.381. The normalized spacial score (nSPS) is 12.0. The fourth-order valence-electron chi connectivity index (χ4n) is 2.74. The van der Waals surface area contributed by atoms with Crippen molar-refractivity contribution in [3.63, 3.8) is 0 Å². The highest BCUT2D eigenvalue weighted by Crippen LogP contribution is 2.25. The second-order valence-electron chi connectivity index (χ2n) is 6.57. The Kier molecular flexibility index (Phi) is 6.42. The molecule has 1 atom stereocenters. The van der Waals surface area contributed by atoms with Crippen molar-refractivity contribution in [2.75, 3.05) is 20.2 Å². The summed E-state index contributed by atoms with van der Waals surface area (Å²) in [5.74, 6) is 1.46. The average Bonchev–Trinajstić information content (AvgIpc) is 2.60. The predicted molar refractivity (Wildman–Crippen MR) is 98.5 cm³/mol. The summed E-state index contributed by atoms with van der Waals surface area (Å²) in [6.07, 6.45) is 0. The molecule has 0 spiro atoms. The zero-order valence-electron chi connectivity index (χ0n) is 15.0. The van der Waals surface area contributed by atoms with Crippen molar-refractivity contribution >= 4 is 5.91 Å². The van der Waals surface area contributed by atoms with Crippen molar-refractivity contribution in [2.45, 2.75) is 32.6 Å². The second kappa shape index (κ2) is 8.53. The second-order valence-corrected chi connectivity index (χ2v) is 6.57. The van der Waals surface area contributed by atoms with E-state index < -0.39 is 0 Å². The van der Waals surface area contributed by atoms with Crippen LogP contribution < -0.4 is 4.74 Å². The zero-order chi connectivity index (χ0) is 17.5. The van der Waals surface area contributed by atoms with E-state index >= 15 is 0 Å². The molecule has 3 heteroatoms. The molecular formula is C21H27NO2. The monoisotopic (exact) mass is 325 g/mol. The number of nitrogens with zero attached hydrogens (tertiary/aromatic N) is 1. The van der Waals surface area contributed by atoms with E-state index in [0.29, 0.717) is 18.4 Å². The topological polar surface area (TPSA) is 29.5 Å². The van der Waals surface area contributed by atoms with Crippen LogP contribution in [0, 0.1) is 0 Å². The van der Waals surface area contributed by atoms with Gasteiger partial charge in [0.15, 0.2) is 6.61 Å². The van der Waals surface area contributed by atoms with E-state index in [1.54, 1.807) is 4.90 Å². The van der Waals surface area contributed by atoms with E-state index in [4.69, 9.17) is 4.74 Å². The first kappa shape index (κ1) is 18.1. The lowest BCUT2D eigenvalue weighted by Crippen LogP contribution is -2.34. The van der Waals surface area contributed by atoms with Gasteiger partial charge >= 0.3 is 0 Å². The summed E-state index contributed by atoms with van der Waals surface area (Å²) in [5, 5.41) is 0. The van der Waals surface area contributed by atoms with Crippen LogP contribution in [0.4, 0.5) is 0 Å². The van der Waals surface area contributed by atoms with E-state index in [0.717, 1.165) is 11.3 Å². The maximum absolute atomic E-state index is 12.4. The van der Waals surface area contributed by atoms with Crippen molar-refractivity contribution in [3.8, 4) is 5.75 Å². The molecule has 0 bridgehead atoms. The molecule has 2 aromatic carbocycles. The molecule has 2 aromatic rings. The molecule has 0 aliphatic rings. The van der Waals surface area contributed by atoms with Crippen LogP contribution in [0.15, 0.2) is 54.6 Å². The summed E-state index contributed by atoms with van der Waals surface area (Å²) < 4.78 is 5.78. The summed E-state index contributed by atoms with van der Waals surface area (Å²) in [7, 11) is 1.83. The van der Waals surface area contributed by atoms with Crippen molar-refractivity contribution in [1.82, 2.24) is 4.90 Å². The van der Waals surface area contributed by atoms with E-state index in [1.807, 2.05) is 49.5 Å². The van der Waals surface area contributed by atoms with Gasteiger partial charge in [-0.05, 0) is 29.0 Å². The largest absolute Gasteiger partial charge is 0.483 e. The number of carbonyl (C=O) groups excluding carboxylic acids is 1. The molecule has 2 rings (SSSR count). The first-order valence-electron chi connectivity index (χ1n) is 8.49. The number of ether oxygens (including phenoxy) is 1. The minimum Gasteiger partial charge on any atom is -0.483 e. The molecule has 0 saturated heterocycles. The molecule has 0 N–H and O–H groups in total. The molecule has 0 heterocycles. The van der Waals surface area contributed by atoms with Gasteiger partial charge in [-0.25, -0.2) is 0 Å². The van der Waals surface area contributed by atoms with E-state index in [1.165, 1.54) is 5.56 Å². The fourth-order valence-corrected chi connectivity index (χ4v) is 2.74. The van der Waals surface area contributed by atoms with Crippen molar-refractivity contribution in [3.05, 3.63) is 65.7 Å². The van der Waals surface area contributed by atoms with Crippen LogP contribution in [0.2, 0.25) is 0 Å². The summed E-state index contributed by atoms with van der Waals surface area (Å²) in [5.41, 5.74) is 2.37. The van der Waals surface area contributed by atoms with E-state index in [-0.39, 0.29) is 12.5 Å². The van der Waals surface area contributed by atoms with Gasteiger partial charge in [-0.3, -0.25) is 4.79 Å². The molecule has 3 nitrogen and oxygen atoms in total. The quantitative estimate of drug-likeness (QED) is 0.752. The smallest absolute Gasteiger partial charge is 0.260 e. The van der Waals surface area contributed by atoms with Crippen LogP contribution in [0.5, 0.6) is 5.75 Å². The Morgan fingerprint density at radius 1 is 1.00 bits per heavy atom. The Morgan fingerprint density at radius 2 is 1.62 bits per heavy atom. The number of amides is 1. The Balaban J connectivity index is 1.90. The van der Waals surface area contributed by atoms with Gasteiger partial charge in [-0.1, -0.05) is 69.3 Å². The highest BCUT2D eigenvalue weighted by Gasteiger charge is 2.15. The number of rotatable bonds is 7. The van der Waals surface area contributed by atoms with Gasteiger partial charge in [0.05, 0.1) is 0 Å². The highest BCUT2D eigenvalue weighted by atomic mass is 16.5. The molecule has 0 saturated carbocycles. The molecule has 1 amide bonds. The molecule has 0 radical (unpaired) electrons. The minimum atomic E-state index is -0.00339. The number of hydrogen-bond donors (Lipinski definition) is 0. The third-order valence-electron chi connectivity index (χ3n) is 4.23. The van der Waals surface area contributed by atoms with Gasteiger partial charge < -0.3 is 9.64 Å². The first-order chi connectivity index (χ1) is 11.5. The van der Waals surface area contributed by atoms with Gasteiger partial charge in [0, 0.05) is 13.6 Å². The maximum atomic E-state index is 12.4. The third-order valence-corrected chi connectivity index (χ3v) is 4.23. The number of para-hydroxylation sites is 1. The summed E-state index contributed by atoms with van der Waals surface area (Å²) in [4.78, 5) is 14.1. The van der Waals surface area contributed by atoms with Crippen LogP contribution in [-0.4, -0.2) is 31.0 Å². The molecule has 0 aromatic heterocycles. The Morgan fingerprint density at radius 3 is 2.29 bits per heavy atom. The van der Waals surface area contributed by atoms with Crippen molar-refractivity contribution < 1.29 is 9.53 Å². The van der Waals surface area contributed by atoms with Gasteiger partial charge in [-0.2, -0.15) is 0 Å². The number of benzene rings is 2. The molecule has 0 aliphatic heterocycles. The van der Waals surface area contributed by atoms with Gasteiger partial charge in [0.2, 0.25) is 0 Å². The molecule has 0 fully saturated rings. The molecule has 128 valence electrons.